The number of halogens is 2. The molecule has 2 bridgehead atoms. The van der Waals surface area contributed by atoms with E-state index in [9.17, 15) is 9.50 Å². The maximum Gasteiger partial charge on any atom is 0.198 e. The van der Waals surface area contributed by atoms with Crippen LogP contribution in [0.3, 0.4) is 0 Å². The lowest BCUT2D eigenvalue weighted by Gasteiger charge is -2.45. The maximum absolute atomic E-state index is 15.0. The van der Waals surface area contributed by atoms with Crippen LogP contribution in [0, 0.1) is 17.1 Å². The zero-order valence-electron chi connectivity index (χ0n) is 17.9. The Morgan fingerprint density at radius 3 is 2.85 bits per heavy atom. The van der Waals surface area contributed by atoms with Crippen LogP contribution >= 0.6 is 0 Å². The standard InChI is InChI=1S/C22H22F2N8O/c1-31(18-7-12-3-2-4-16(27-12)21(18)24)20-10-26-22(29-28-20)14-6-5-13(8-19(14)33)32-11-15(23)17(9-25)30-32/h5-6,8,10-12,16,18,21,27,33H,2-4,7H2,1H3/t12-,16-,18+,21-/m1/s1. The Bertz CT molecular complexity index is 1210. The lowest BCUT2D eigenvalue weighted by molar-refractivity contribution is 0.107. The van der Waals surface area contributed by atoms with Gasteiger partial charge in [-0.2, -0.15) is 10.4 Å². The summed E-state index contributed by atoms with van der Waals surface area (Å²) >= 11 is 0. The zero-order chi connectivity index (χ0) is 23.1. The Hall–Kier alpha value is -3.65. The molecule has 2 aromatic heterocycles. The number of benzene rings is 1. The SMILES string of the molecule is CN(c1cnc(-c2ccc(-n3cc(F)c(C#N)n3)cc2O)nn1)[C@H]1C[C@H]2CCC[C@@H](N2)[C@H]1F. The van der Waals surface area contributed by atoms with Crippen molar-refractivity contribution in [3.8, 4) is 28.9 Å². The molecular formula is C22H22F2N8O. The highest BCUT2D eigenvalue weighted by atomic mass is 19.1. The Balaban J connectivity index is 1.35. The van der Waals surface area contributed by atoms with Crippen molar-refractivity contribution in [3.63, 3.8) is 0 Å². The first-order chi connectivity index (χ1) is 15.9. The highest BCUT2D eigenvalue weighted by Gasteiger charge is 2.42. The molecule has 0 saturated carbocycles. The average Bonchev–Trinajstić information content (AvgIpc) is 3.22. The van der Waals surface area contributed by atoms with Gasteiger partial charge in [0.2, 0.25) is 0 Å². The van der Waals surface area contributed by atoms with Crippen molar-refractivity contribution in [1.82, 2.24) is 30.3 Å². The van der Waals surface area contributed by atoms with E-state index in [4.69, 9.17) is 5.26 Å². The highest BCUT2D eigenvalue weighted by molar-refractivity contribution is 5.66. The molecule has 2 saturated heterocycles. The number of nitrogens with one attached hydrogen (secondary N) is 1. The predicted molar refractivity (Wildman–Crippen MR) is 115 cm³/mol. The summed E-state index contributed by atoms with van der Waals surface area (Å²) in [5, 5.41) is 34.9. The quantitative estimate of drug-likeness (QED) is 0.620. The average molecular weight is 452 g/mol. The van der Waals surface area contributed by atoms with Crippen molar-refractivity contribution in [1.29, 1.82) is 5.26 Å². The number of phenolic OH excluding ortho intramolecular Hbond substituents is 1. The van der Waals surface area contributed by atoms with E-state index < -0.39 is 12.0 Å². The number of hydrogen-bond acceptors (Lipinski definition) is 8. The van der Waals surface area contributed by atoms with Crippen LogP contribution in [-0.4, -0.2) is 61.4 Å². The molecule has 170 valence electrons. The Morgan fingerprint density at radius 2 is 2.15 bits per heavy atom. The Labute approximate surface area is 188 Å². The van der Waals surface area contributed by atoms with Gasteiger partial charge in [-0.25, -0.2) is 18.4 Å². The molecule has 0 aliphatic carbocycles. The van der Waals surface area contributed by atoms with Gasteiger partial charge in [0.1, 0.15) is 18.0 Å². The molecule has 5 rings (SSSR count). The first-order valence-electron chi connectivity index (χ1n) is 10.8. The number of anilines is 1. The summed E-state index contributed by atoms with van der Waals surface area (Å²) in [6.45, 7) is 0. The first-order valence-corrected chi connectivity index (χ1v) is 10.8. The maximum atomic E-state index is 15.0. The number of aromatic nitrogens is 5. The van der Waals surface area contributed by atoms with E-state index in [2.05, 4.69) is 25.6 Å². The number of alkyl halides is 1. The molecule has 0 amide bonds. The van der Waals surface area contributed by atoms with Crippen molar-refractivity contribution in [2.45, 2.75) is 50.0 Å². The first kappa shape index (κ1) is 21.2. The number of nitriles is 1. The fraction of sp³-hybridized carbons (Fsp3) is 0.409. The molecule has 1 aromatic carbocycles. The molecule has 0 radical (unpaired) electrons. The number of fused-ring (bicyclic) bond motifs is 2. The van der Waals surface area contributed by atoms with E-state index >= 15 is 4.39 Å². The van der Waals surface area contributed by atoms with Crippen molar-refractivity contribution in [2.24, 2.45) is 0 Å². The molecule has 0 unspecified atom stereocenters. The molecule has 2 N–H and O–H groups in total. The molecule has 4 atom stereocenters. The molecule has 11 heteroatoms. The summed E-state index contributed by atoms with van der Waals surface area (Å²) in [4.78, 5) is 6.11. The molecule has 0 spiro atoms. The van der Waals surface area contributed by atoms with Crippen LogP contribution in [0.5, 0.6) is 5.75 Å². The predicted octanol–water partition coefficient (Wildman–Crippen LogP) is 2.50. The fourth-order valence-electron chi connectivity index (χ4n) is 4.69. The second kappa shape index (κ2) is 8.37. The lowest BCUT2D eigenvalue weighted by Crippen LogP contribution is -2.61. The van der Waals surface area contributed by atoms with Crippen LogP contribution < -0.4 is 10.2 Å². The van der Waals surface area contributed by atoms with Gasteiger partial charge in [-0.3, -0.25) is 0 Å². The summed E-state index contributed by atoms with van der Waals surface area (Å²) < 4.78 is 29.8. The molecule has 3 aromatic rings. The number of nitrogens with zero attached hydrogens (tertiary/aromatic N) is 7. The van der Waals surface area contributed by atoms with Gasteiger partial charge in [-0.05, 0) is 31.4 Å². The Morgan fingerprint density at radius 1 is 1.30 bits per heavy atom. The van der Waals surface area contributed by atoms with Gasteiger partial charge in [0.05, 0.1) is 29.7 Å². The van der Waals surface area contributed by atoms with Gasteiger partial charge in [-0.1, -0.05) is 6.42 Å². The molecule has 2 fully saturated rings. The van der Waals surface area contributed by atoms with Crippen LogP contribution in [0.4, 0.5) is 14.6 Å². The van der Waals surface area contributed by atoms with Crippen LogP contribution in [0.2, 0.25) is 0 Å². The third-order valence-electron chi connectivity index (χ3n) is 6.47. The molecule has 2 aliphatic rings. The zero-order valence-corrected chi connectivity index (χ0v) is 17.9. The van der Waals surface area contributed by atoms with E-state index in [-0.39, 0.29) is 29.4 Å². The van der Waals surface area contributed by atoms with E-state index in [0.29, 0.717) is 29.5 Å². The van der Waals surface area contributed by atoms with Crippen molar-refractivity contribution < 1.29 is 13.9 Å². The van der Waals surface area contributed by atoms with Gasteiger partial charge < -0.3 is 15.3 Å². The second-order valence-corrected chi connectivity index (χ2v) is 8.48. The van der Waals surface area contributed by atoms with Crippen LogP contribution in [-0.2, 0) is 0 Å². The largest absolute Gasteiger partial charge is 0.507 e. The molecule has 33 heavy (non-hydrogen) atoms. The summed E-state index contributed by atoms with van der Waals surface area (Å²) in [6.07, 6.45) is 5.20. The second-order valence-electron chi connectivity index (χ2n) is 8.48. The minimum absolute atomic E-state index is 0.131. The van der Waals surface area contributed by atoms with Gasteiger partial charge in [0, 0.05) is 25.2 Å². The Kier molecular flexibility index (Phi) is 5.38. The van der Waals surface area contributed by atoms with Crippen molar-refractivity contribution >= 4 is 5.82 Å². The lowest BCUT2D eigenvalue weighted by atomic mass is 9.82. The normalized spacial score (nSPS) is 24.3. The number of hydrogen-bond donors (Lipinski definition) is 2. The third kappa shape index (κ3) is 3.87. The minimum atomic E-state index is -1.00. The van der Waals surface area contributed by atoms with Gasteiger partial charge in [0.25, 0.3) is 0 Å². The molecule has 2 aliphatic heterocycles. The summed E-state index contributed by atoms with van der Waals surface area (Å²) in [5.41, 5.74) is 0.360. The number of rotatable bonds is 4. The third-order valence-corrected chi connectivity index (χ3v) is 6.47. The topological polar surface area (TPSA) is 116 Å². The summed E-state index contributed by atoms with van der Waals surface area (Å²) in [6, 6.07) is 6.06. The molecule has 9 nitrogen and oxygen atoms in total. The summed E-state index contributed by atoms with van der Waals surface area (Å²) in [7, 11) is 1.80. The van der Waals surface area contributed by atoms with Crippen LogP contribution in [0.1, 0.15) is 31.4 Å². The van der Waals surface area contributed by atoms with Crippen LogP contribution in [0.15, 0.2) is 30.6 Å². The van der Waals surface area contributed by atoms with E-state index in [0.717, 1.165) is 30.1 Å². The number of phenols is 1. The monoisotopic (exact) mass is 452 g/mol. The van der Waals surface area contributed by atoms with Gasteiger partial charge in [-0.15, -0.1) is 10.2 Å². The molecular weight excluding hydrogens is 430 g/mol. The summed E-state index contributed by atoms with van der Waals surface area (Å²) in [5.74, 6) is -0.251. The van der Waals surface area contributed by atoms with E-state index in [1.807, 2.05) is 0 Å². The fourth-order valence-corrected chi connectivity index (χ4v) is 4.69. The number of piperidine rings is 2. The minimum Gasteiger partial charge on any atom is -0.507 e. The highest BCUT2D eigenvalue weighted by Crippen LogP contribution is 2.33. The van der Waals surface area contributed by atoms with Gasteiger partial charge in [0.15, 0.2) is 23.2 Å². The van der Waals surface area contributed by atoms with Crippen LogP contribution in [0.25, 0.3) is 17.1 Å². The molecule has 4 heterocycles. The number of aromatic hydroxyl groups is 1. The van der Waals surface area contributed by atoms with Gasteiger partial charge >= 0.3 is 0 Å². The van der Waals surface area contributed by atoms with E-state index in [1.165, 1.54) is 12.3 Å². The van der Waals surface area contributed by atoms with E-state index in [1.54, 1.807) is 30.1 Å². The van der Waals surface area contributed by atoms with Crippen molar-refractivity contribution in [2.75, 3.05) is 11.9 Å². The smallest absolute Gasteiger partial charge is 0.198 e. The van der Waals surface area contributed by atoms with Crippen molar-refractivity contribution in [3.05, 3.63) is 42.1 Å².